The van der Waals surface area contributed by atoms with Crippen LogP contribution in [0.25, 0.3) is 0 Å². The van der Waals surface area contributed by atoms with Crippen LogP contribution in [-0.2, 0) is 4.79 Å². The van der Waals surface area contributed by atoms with Crippen molar-refractivity contribution >= 4 is 11.7 Å². The molecule has 0 aromatic heterocycles. The number of carbonyl (C=O) groups excluding carboxylic acids is 1. The van der Waals surface area contributed by atoms with Gasteiger partial charge in [-0.3, -0.25) is 4.79 Å². The highest BCUT2D eigenvalue weighted by molar-refractivity contribution is 5.83. The maximum atomic E-state index is 12.2. The average molecular weight is 267 g/mol. The number of nitrogens with two attached hydrogens (primary N) is 1. The molecular weight excluding hydrogens is 242 g/mol. The van der Waals surface area contributed by atoms with Crippen LogP contribution in [0.15, 0.2) is 5.16 Å². The van der Waals surface area contributed by atoms with Crippen LogP contribution in [0, 0.1) is 23.7 Å². The Balaban J connectivity index is 1.79. The fourth-order valence-corrected chi connectivity index (χ4v) is 3.71. The van der Waals surface area contributed by atoms with E-state index in [9.17, 15) is 4.79 Å². The van der Waals surface area contributed by atoms with Gasteiger partial charge in [-0.1, -0.05) is 18.5 Å². The number of carbonyl (C=O) groups is 1. The van der Waals surface area contributed by atoms with Gasteiger partial charge in [0.05, 0.1) is 0 Å². The third-order valence-electron chi connectivity index (χ3n) is 4.92. The third-order valence-corrected chi connectivity index (χ3v) is 4.92. The van der Waals surface area contributed by atoms with Gasteiger partial charge in [0.25, 0.3) is 0 Å². The van der Waals surface area contributed by atoms with Gasteiger partial charge in [0, 0.05) is 25.9 Å². The number of fused-ring (bicyclic) bond motifs is 2. The van der Waals surface area contributed by atoms with Crippen molar-refractivity contribution in [1.29, 1.82) is 0 Å². The summed E-state index contributed by atoms with van der Waals surface area (Å²) in [5, 5.41) is 11.6. The van der Waals surface area contributed by atoms with Crippen molar-refractivity contribution in [3.63, 3.8) is 0 Å². The Hall–Kier alpha value is -1.26. The molecule has 4 unspecified atom stereocenters. The number of hydrogen-bond donors (Lipinski definition) is 2. The molecule has 4 atom stereocenters. The van der Waals surface area contributed by atoms with Gasteiger partial charge >= 0.3 is 0 Å². The molecule has 0 spiro atoms. The minimum atomic E-state index is -0.112. The number of amidine groups is 1. The summed E-state index contributed by atoms with van der Waals surface area (Å²) in [6.07, 6.45) is 5.92. The number of oxime groups is 1. The number of amides is 1. The van der Waals surface area contributed by atoms with Crippen molar-refractivity contribution in [1.82, 2.24) is 4.90 Å². The zero-order chi connectivity index (χ0) is 14.0. The van der Waals surface area contributed by atoms with E-state index in [1.54, 1.807) is 11.9 Å². The van der Waals surface area contributed by atoms with Gasteiger partial charge in [0.2, 0.25) is 5.91 Å². The Labute approximate surface area is 114 Å². The van der Waals surface area contributed by atoms with Gasteiger partial charge in [0.1, 0.15) is 5.84 Å². The van der Waals surface area contributed by atoms with Crippen LogP contribution in [0.1, 0.15) is 39.0 Å². The summed E-state index contributed by atoms with van der Waals surface area (Å²) >= 11 is 0. The molecular formula is C14H25N3O2. The molecule has 2 saturated carbocycles. The molecule has 2 bridgehead atoms. The van der Waals surface area contributed by atoms with E-state index >= 15 is 0 Å². The van der Waals surface area contributed by atoms with E-state index in [0.717, 1.165) is 11.8 Å². The molecule has 0 aromatic rings. The number of nitrogens with zero attached hydrogens (tertiary/aromatic N) is 2. The molecule has 2 aliphatic rings. The van der Waals surface area contributed by atoms with E-state index < -0.39 is 0 Å². The first kappa shape index (κ1) is 14.2. The van der Waals surface area contributed by atoms with Gasteiger partial charge in [-0.05, 0) is 37.0 Å². The van der Waals surface area contributed by atoms with Crippen molar-refractivity contribution in [2.45, 2.75) is 39.0 Å². The van der Waals surface area contributed by atoms with Crippen LogP contribution in [0.2, 0.25) is 0 Å². The summed E-state index contributed by atoms with van der Waals surface area (Å²) in [5.74, 6) is 2.51. The molecule has 5 heteroatoms. The first-order valence-electron chi connectivity index (χ1n) is 7.22. The Morgan fingerprint density at radius 3 is 2.74 bits per heavy atom. The lowest BCUT2D eigenvalue weighted by Gasteiger charge is -2.25. The topological polar surface area (TPSA) is 78.9 Å². The lowest BCUT2D eigenvalue weighted by Crippen LogP contribution is -2.37. The molecule has 2 fully saturated rings. The van der Waals surface area contributed by atoms with Crippen molar-refractivity contribution in [2.75, 3.05) is 13.6 Å². The van der Waals surface area contributed by atoms with Crippen molar-refractivity contribution < 1.29 is 10.0 Å². The summed E-state index contributed by atoms with van der Waals surface area (Å²) < 4.78 is 0. The van der Waals surface area contributed by atoms with Crippen LogP contribution >= 0.6 is 0 Å². The van der Waals surface area contributed by atoms with E-state index in [1.807, 2.05) is 6.92 Å². The molecule has 19 heavy (non-hydrogen) atoms. The molecule has 0 aromatic carbocycles. The molecule has 2 rings (SSSR count). The standard InChI is InChI=1S/C14H25N3O2/c1-9(14(15)16-19)8-17(2)13(18)7-12-6-10-3-4-11(12)5-10/h9-12,19H,3-8H2,1-2H3,(H2,15,16). The van der Waals surface area contributed by atoms with E-state index in [0.29, 0.717) is 18.9 Å². The minimum Gasteiger partial charge on any atom is -0.409 e. The minimum absolute atomic E-state index is 0.112. The average Bonchev–Trinajstić information content (AvgIpc) is 2.99. The molecule has 0 heterocycles. The Morgan fingerprint density at radius 1 is 1.47 bits per heavy atom. The number of hydrogen-bond acceptors (Lipinski definition) is 3. The second-order valence-corrected chi connectivity index (χ2v) is 6.34. The highest BCUT2D eigenvalue weighted by atomic mass is 16.4. The lowest BCUT2D eigenvalue weighted by molar-refractivity contribution is -0.131. The summed E-state index contributed by atoms with van der Waals surface area (Å²) in [5.41, 5.74) is 5.54. The molecule has 108 valence electrons. The molecule has 5 nitrogen and oxygen atoms in total. The summed E-state index contributed by atoms with van der Waals surface area (Å²) in [7, 11) is 1.80. The molecule has 2 aliphatic carbocycles. The van der Waals surface area contributed by atoms with Crippen LogP contribution in [0.3, 0.4) is 0 Å². The van der Waals surface area contributed by atoms with Crippen LogP contribution < -0.4 is 5.73 Å². The fourth-order valence-electron chi connectivity index (χ4n) is 3.71. The van der Waals surface area contributed by atoms with Crippen molar-refractivity contribution in [3.05, 3.63) is 0 Å². The summed E-state index contributed by atoms with van der Waals surface area (Å²) in [6.45, 7) is 2.37. The zero-order valence-corrected chi connectivity index (χ0v) is 11.9. The lowest BCUT2D eigenvalue weighted by atomic mass is 9.86. The summed E-state index contributed by atoms with van der Waals surface area (Å²) in [4.78, 5) is 13.9. The molecule has 0 aliphatic heterocycles. The predicted octanol–water partition coefficient (Wildman–Crippen LogP) is 1.65. The van der Waals surface area contributed by atoms with Gasteiger partial charge in [-0.25, -0.2) is 0 Å². The zero-order valence-electron chi connectivity index (χ0n) is 11.9. The van der Waals surface area contributed by atoms with Gasteiger partial charge in [-0.2, -0.15) is 0 Å². The Bertz CT molecular complexity index is 370. The molecule has 0 saturated heterocycles. The van der Waals surface area contributed by atoms with Crippen LogP contribution in [-0.4, -0.2) is 35.4 Å². The third kappa shape index (κ3) is 3.19. The first-order chi connectivity index (χ1) is 9.01. The largest absolute Gasteiger partial charge is 0.409 e. The molecule has 0 radical (unpaired) electrons. The van der Waals surface area contributed by atoms with E-state index in [4.69, 9.17) is 10.9 Å². The Kier molecular flexibility index (Phi) is 4.32. The van der Waals surface area contributed by atoms with Gasteiger partial charge < -0.3 is 15.8 Å². The van der Waals surface area contributed by atoms with E-state index in [-0.39, 0.29) is 17.7 Å². The molecule has 1 amide bonds. The highest BCUT2D eigenvalue weighted by Gasteiger charge is 2.40. The highest BCUT2D eigenvalue weighted by Crippen LogP contribution is 2.49. The fraction of sp³-hybridized carbons (Fsp3) is 0.857. The maximum Gasteiger partial charge on any atom is 0.222 e. The number of rotatable bonds is 5. The van der Waals surface area contributed by atoms with Crippen molar-refractivity contribution in [2.24, 2.45) is 34.6 Å². The quantitative estimate of drug-likeness (QED) is 0.344. The Morgan fingerprint density at radius 2 is 2.21 bits per heavy atom. The van der Waals surface area contributed by atoms with E-state index in [1.165, 1.54) is 25.7 Å². The second-order valence-electron chi connectivity index (χ2n) is 6.34. The van der Waals surface area contributed by atoms with Crippen molar-refractivity contribution in [3.8, 4) is 0 Å². The SMILES string of the molecule is CC(CN(C)C(=O)CC1CC2CCC1C2)C(N)=NO. The second kappa shape index (κ2) is 5.80. The smallest absolute Gasteiger partial charge is 0.222 e. The normalized spacial score (nSPS) is 31.5. The van der Waals surface area contributed by atoms with Gasteiger partial charge in [0.15, 0.2) is 0 Å². The van der Waals surface area contributed by atoms with Crippen LogP contribution in [0.4, 0.5) is 0 Å². The molecule has 3 N–H and O–H groups in total. The van der Waals surface area contributed by atoms with Crippen LogP contribution in [0.5, 0.6) is 0 Å². The predicted molar refractivity (Wildman–Crippen MR) is 73.8 cm³/mol. The monoisotopic (exact) mass is 267 g/mol. The summed E-state index contributed by atoms with van der Waals surface area (Å²) in [6, 6.07) is 0. The van der Waals surface area contributed by atoms with E-state index in [2.05, 4.69) is 5.16 Å². The van der Waals surface area contributed by atoms with Gasteiger partial charge in [-0.15, -0.1) is 0 Å². The first-order valence-corrected chi connectivity index (χ1v) is 7.22. The maximum absolute atomic E-state index is 12.2.